The fraction of sp³-hybridized carbons (Fsp3) is 0.346. The van der Waals surface area contributed by atoms with E-state index < -0.39 is 29.9 Å². The normalized spacial score (nSPS) is 17.2. The van der Waals surface area contributed by atoms with Crippen LogP contribution in [0.15, 0.2) is 54.7 Å². The van der Waals surface area contributed by atoms with Gasteiger partial charge in [0.2, 0.25) is 0 Å². The number of aromatic nitrogens is 4. The molecule has 4 N–H and O–H groups in total. The zero-order chi connectivity index (χ0) is 31.8. The van der Waals surface area contributed by atoms with Crippen LogP contribution in [0.25, 0.3) is 28.1 Å². The summed E-state index contributed by atoms with van der Waals surface area (Å²) in [7, 11) is 0. The number of nitrogens with one attached hydrogen (secondary N) is 1. The van der Waals surface area contributed by atoms with Crippen molar-refractivity contribution in [2.45, 2.75) is 37.2 Å². The van der Waals surface area contributed by atoms with Crippen molar-refractivity contribution in [1.29, 1.82) is 0 Å². The molecule has 1 aliphatic rings. The number of alkyl halides is 6. The molecule has 0 amide bonds. The van der Waals surface area contributed by atoms with Gasteiger partial charge >= 0.3 is 24.3 Å². The van der Waals surface area contributed by atoms with Gasteiger partial charge in [0, 0.05) is 11.6 Å². The molecule has 1 aliphatic heterocycles. The van der Waals surface area contributed by atoms with E-state index in [4.69, 9.17) is 29.5 Å². The lowest BCUT2D eigenvalue weighted by atomic mass is 9.96. The number of carboxylic acid groups (broad SMARTS) is 2. The largest absolute Gasteiger partial charge is 0.490 e. The van der Waals surface area contributed by atoms with Gasteiger partial charge in [0.15, 0.2) is 11.5 Å². The zero-order valence-corrected chi connectivity index (χ0v) is 22.1. The first-order valence-corrected chi connectivity index (χ1v) is 12.5. The highest BCUT2D eigenvalue weighted by atomic mass is 19.4. The minimum atomic E-state index is -5.08. The van der Waals surface area contributed by atoms with E-state index in [1.165, 1.54) is 0 Å². The zero-order valence-electron chi connectivity index (χ0n) is 22.1. The molecule has 3 aromatic heterocycles. The van der Waals surface area contributed by atoms with E-state index in [9.17, 15) is 31.4 Å². The highest BCUT2D eigenvalue weighted by Gasteiger charge is 2.39. The van der Waals surface area contributed by atoms with Gasteiger partial charge in [-0.15, -0.1) is 10.2 Å². The number of rotatable bonds is 4. The molecular formula is C26H25F6N5O6. The summed E-state index contributed by atoms with van der Waals surface area (Å²) in [6.45, 7) is 2.00. The van der Waals surface area contributed by atoms with Gasteiger partial charge in [0.1, 0.15) is 23.6 Å². The lowest BCUT2D eigenvalue weighted by molar-refractivity contribution is -0.193. The molecule has 17 heteroatoms. The number of carboxylic acids is 2. The van der Waals surface area contributed by atoms with Gasteiger partial charge in [-0.1, -0.05) is 24.3 Å². The number of benzene rings is 1. The predicted octanol–water partition coefficient (Wildman–Crippen LogP) is 4.09. The van der Waals surface area contributed by atoms with Crippen molar-refractivity contribution in [2.24, 2.45) is 0 Å². The molecule has 1 atom stereocenters. The van der Waals surface area contributed by atoms with Gasteiger partial charge in [0.05, 0.1) is 5.60 Å². The molecule has 4 aromatic rings. The van der Waals surface area contributed by atoms with E-state index in [-0.39, 0.29) is 6.61 Å². The van der Waals surface area contributed by atoms with Crippen molar-refractivity contribution in [1.82, 2.24) is 24.9 Å². The smallest absolute Gasteiger partial charge is 0.488 e. The van der Waals surface area contributed by atoms with Crippen LogP contribution >= 0.6 is 0 Å². The third kappa shape index (κ3) is 9.24. The topological polar surface area (TPSA) is 159 Å². The standard InChI is InChI=1S/C22H23N5O2.2C2HF3O2/c28-22(10-4-12-23-13-11-22)15-29-18-6-3-5-16-8-9-17(24-20(16)18)21-26-25-19-7-1-2-14-27(19)21;2*3-2(4,5)1(6)7/h1-3,5-9,14,23,28H,4,10-13,15H2;2*(H,6,7). The Balaban J connectivity index is 0.000000303. The molecule has 1 saturated heterocycles. The van der Waals surface area contributed by atoms with Crippen molar-refractivity contribution in [3.05, 3.63) is 54.7 Å². The SMILES string of the molecule is O=C(O)C(F)(F)F.O=C(O)C(F)(F)F.OC1(COc2cccc3ccc(-c4nnc5ccccn45)nc23)CCCNCC1. The number of carbonyl (C=O) groups is 2. The molecular weight excluding hydrogens is 592 g/mol. The van der Waals surface area contributed by atoms with E-state index in [0.29, 0.717) is 18.0 Å². The first-order chi connectivity index (χ1) is 20.1. The maximum atomic E-state index is 10.9. The highest BCUT2D eigenvalue weighted by Crippen LogP contribution is 2.29. The van der Waals surface area contributed by atoms with Gasteiger partial charge < -0.3 is 25.4 Å². The Morgan fingerprint density at radius 3 is 2.23 bits per heavy atom. The summed E-state index contributed by atoms with van der Waals surface area (Å²) in [6, 6.07) is 15.6. The molecule has 43 heavy (non-hydrogen) atoms. The molecule has 0 spiro atoms. The number of ether oxygens (including phenoxy) is 1. The number of nitrogens with zero attached hydrogens (tertiary/aromatic N) is 4. The van der Waals surface area contributed by atoms with Crippen LogP contribution in [0, 0.1) is 0 Å². The number of hydrogen-bond donors (Lipinski definition) is 4. The Bertz CT molecular complexity index is 1530. The van der Waals surface area contributed by atoms with Gasteiger partial charge in [-0.25, -0.2) is 14.6 Å². The summed E-state index contributed by atoms with van der Waals surface area (Å²) in [4.78, 5) is 22.6. The van der Waals surface area contributed by atoms with Crippen LogP contribution in [-0.4, -0.2) is 84.5 Å². The third-order valence-corrected chi connectivity index (χ3v) is 5.97. The van der Waals surface area contributed by atoms with E-state index in [2.05, 4.69) is 15.5 Å². The third-order valence-electron chi connectivity index (χ3n) is 5.97. The van der Waals surface area contributed by atoms with Crippen molar-refractivity contribution >= 4 is 28.5 Å². The second-order valence-electron chi connectivity index (χ2n) is 9.20. The molecule has 0 radical (unpaired) electrons. The molecule has 0 saturated carbocycles. The highest BCUT2D eigenvalue weighted by molar-refractivity contribution is 5.86. The Hall–Kier alpha value is -4.51. The van der Waals surface area contributed by atoms with Crippen LogP contribution in [-0.2, 0) is 9.59 Å². The number of aliphatic carboxylic acids is 2. The number of halogens is 6. The molecule has 1 unspecified atom stereocenters. The number of para-hydroxylation sites is 1. The van der Waals surface area contributed by atoms with Gasteiger partial charge in [-0.2, -0.15) is 26.3 Å². The minimum Gasteiger partial charge on any atom is -0.488 e. The van der Waals surface area contributed by atoms with Gasteiger partial charge in [0.25, 0.3) is 0 Å². The van der Waals surface area contributed by atoms with Crippen LogP contribution < -0.4 is 10.1 Å². The molecule has 1 fully saturated rings. The molecule has 5 rings (SSSR count). The summed E-state index contributed by atoms with van der Waals surface area (Å²) >= 11 is 0. The molecule has 4 heterocycles. The van der Waals surface area contributed by atoms with E-state index in [1.807, 2.05) is 59.1 Å². The molecule has 232 valence electrons. The summed E-state index contributed by atoms with van der Waals surface area (Å²) in [5.41, 5.74) is 1.45. The van der Waals surface area contributed by atoms with Crippen LogP contribution in [0.3, 0.4) is 0 Å². The first-order valence-electron chi connectivity index (χ1n) is 12.5. The van der Waals surface area contributed by atoms with Crippen molar-refractivity contribution < 1.29 is 56.0 Å². The predicted molar refractivity (Wildman–Crippen MR) is 138 cm³/mol. The fourth-order valence-corrected chi connectivity index (χ4v) is 3.85. The quantitative estimate of drug-likeness (QED) is 0.246. The Labute approximate surface area is 238 Å². The molecule has 0 bridgehead atoms. The average Bonchev–Trinajstić information content (AvgIpc) is 3.25. The Morgan fingerprint density at radius 2 is 1.58 bits per heavy atom. The van der Waals surface area contributed by atoms with Crippen LogP contribution in [0.4, 0.5) is 26.3 Å². The Morgan fingerprint density at radius 1 is 0.907 bits per heavy atom. The van der Waals surface area contributed by atoms with Crippen LogP contribution in [0.2, 0.25) is 0 Å². The summed E-state index contributed by atoms with van der Waals surface area (Å²) in [5, 5.41) is 38.0. The number of aliphatic hydroxyl groups is 1. The van der Waals surface area contributed by atoms with Crippen LogP contribution in [0.5, 0.6) is 5.75 Å². The van der Waals surface area contributed by atoms with Gasteiger partial charge in [-0.05, 0) is 56.6 Å². The minimum absolute atomic E-state index is 0.258. The van der Waals surface area contributed by atoms with Crippen molar-refractivity contribution in [3.8, 4) is 17.3 Å². The molecule has 11 nitrogen and oxygen atoms in total. The van der Waals surface area contributed by atoms with E-state index in [0.717, 1.165) is 48.2 Å². The van der Waals surface area contributed by atoms with Crippen molar-refractivity contribution in [3.63, 3.8) is 0 Å². The summed E-state index contributed by atoms with van der Waals surface area (Å²) in [6.07, 6.45) is -5.89. The second-order valence-corrected chi connectivity index (χ2v) is 9.20. The maximum absolute atomic E-state index is 10.9. The van der Waals surface area contributed by atoms with Crippen molar-refractivity contribution in [2.75, 3.05) is 19.7 Å². The fourth-order valence-electron chi connectivity index (χ4n) is 3.85. The van der Waals surface area contributed by atoms with E-state index >= 15 is 0 Å². The number of pyridine rings is 2. The molecule has 0 aliphatic carbocycles. The second kappa shape index (κ2) is 13.6. The first kappa shape index (κ1) is 33.0. The van der Waals surface area contributed by atoms with Gasteiger partial charge in [-0.3, -0.25) is 4.40 Å². The lowest BCUT2D eigenvalue weighted by Gasteiger charge is -2.26. The van der Waals surface area contributed by atoms with Crippen LogP contribution in [0.1, 0.15) is 19.3 Å². The maximum Gasteiger partial charge on any atom is 0.490 e. The lowest BCUT2D eigenvalue weighted by Crippen LogP contribution is -2.36. The van der Waals surface area contributed by atoms with E-state index in [1.54, 1.807) is 0 Å². The monoisotopic (exact) mass is 617 g/mol. The summed E-state index contributed by atoms with van der Waals surface area (Å²) < 4.78 is 71.5. The average molecular weight is 618 g/mol. The summed E-state index contributed by atoms with van der Waals surface area (Å²) in [5.74, 6) is -4.16. The molecule has 1 aromatic carbocycles. The number of hydrogen-bond acceptors (Lipinski definition) is 8. The number of fused-ring (bicyclic) bond motifs is 2. The Kier molecular flexibility index (Phi) is 10.5.